The van der Waals surface area contributed by atoms with Gasteiger partial charge in [0.1, 0.15) is 0 Å². The molecule has 3 N–H and O–H groups in total. The lowest BCUT2D eigenvalue weighted by Gasteiger charge is -2.36. The van der Waals surface area contributed by atoms with Crippen molar-refractivity contribution in [3.63, 3.8) is 0 Å². The van der Waals surface area contributed by atoms with Crippen molar-refractivity contribution in [3.8, 4) is 0 Å². The molecule has 1 aromatic rings. The van der Waals surface area contributed by atoms with Gasteiger partial charge < -0.3 is 4.74 Å². The molecule has 0 aliphatic rings. The van der Waals surface area contributed by atoms with Gasteiger partial charge in [0.2, 0.25) is 0 Å². The minimum atomic E-state index is 0.0440. The summed E-state index contributed by atoms with van der Waals surface area (Å²) in [5.41, 5.74) is 6.96. The molecule has 2 atom stereocenters. The molecule has 108 valence electrons. The van der Waals surface area contributed by atoms with Gasteiger partial charge in [0.15, 0.2) is 0 Å². The molecular weight excluding hydrogens is 236 g/mol. The molecule has 3 nitrogen and oxygen atoms in total. The van der Waals surface area contributed by atoms with E-state index in [0.717, 1.165) is 6.42 Å². The van der Waals surface area contributed by atoms with E-state index in [4.69, 9.17) is 10.6 Å². The predicted molar refractivity (Wildman–Crippen MR) is 81.0 cm³/mol. The molecule has 0 saturated heterocycles. The van der Waals surface area contributed by atoms with Gasteiger partial charge in [-0.1, -0.05) is 39.0 Å². The van der Waals surface area contributed by atoms with Crippen molar-refractivity contribution < 1.29 is 4.74 Å². The number of hydrazine groups is 1. The second-order valence-corrected chi connectivity index (χ2v) is 6.37. The van der Waals surface area contributed by atoms with Crippen LogP contribution < -0.4 is 11.3 Å². The highest BCUT2D eigenvalue weighted by Crippen LogP contribution is 2.27. The molecule has 2 unspecified atom stereocenters. The first-order valence-electron chi connectivity index (χ1n) is 6.85. The Kier molecular flexibility index (Phi) is 5.53. The highest BCUT2D eigenvalue weighted by Gasteiger charge is 2.32. The Morgan fingerprint density at radius 2 is 1.74 bits per heavy atom. The fraction of sp³-hybridized carbons (Fsp3) is 0.625. The molecule has 3 heteroatoms. The van der Waals surface area contributed by atoms with Crippen LogP contribution in [0.3, 0.4) is 0 Å². The summed E-state index contributed by atoms with van der Waals surface area (Å²) in [4.78, 5) is 0. The van der Waals surface area contributed by atoms with Crippen molar-refractivity contribution in [3.05, 3.63) is 34.9 Å². The third-order valence-corrected chi connectivity index (χ3v) is 3.76. The SMILES string of the molecule is COC(C(Cc1c(C)cccc1C)NN)C(C)(C)C. The van der Waals surface area contributed by atoms with Crippen LogP contribution in [-0.4, -0.2) is 19.3 Å². The number of benzene rings is 1. The monoisotopic (exact) mass is 264 g/mol. The Labute approximate surface area is 117 Å². The number of nitrogens with two attached hydrogens (primary N) is 1. The Balaban J connectivity index is 2.99. The van der Waals surface area contributed by atoms with E-state index in [1.54, 1.807) is 7.11 Å². The van der Waals surface area contributed by atoms with Crippen LogP contribution >= 0.6 is 0 Å². The number of hydrogen-bond acceptors (Lipinski definition) is 3. The lowest BCUT2D eigenvalue weighted by atomic mass is 9.81. The Bertz CT molecular complexity index is 389. The van der Waals surface area contributed by atoms with Crippen LogP contribution in [0, 0.1) is 19.3 Å². The lowest BCUT2D eigenvalue weighted by molar-refractivity contribution is -0.0111. The van der Waals surface area contributed by atoms with E-state index in [-0.39, 0.29) is 17.6 Å². The molecule has 0 amide bonds. The Morgan fingerprint density at radius 3 is 2.11 bits per heavy atom. The van der Waals surface area contributed by atoms with Gasteiger partial charge in [0.05, 0.1) is 12.1 Å². The maximum absolute atomic E-state index is 5.76. The number of ether oxygens (including phenoxy) is 1. The quantitative estimate of drug-likeness (QED) is 0.635. The summed E-state index contributed by atoms with van der Waals surface area (Å²) in [5, 5.41) is 0. The van der Waals surface area contributed by atoms with Crippen molar-refractivity contribution in [2.75, 3.05) is 7.11 Å². The fourth-order valence-electron chi connectivity index (χ4n) is 2.77. The zero-order chi connectivity index (χ0) is 14.6. The van der Waals surface area contributed by atoms with E-state index in [2.05, 4.69) is 58.2 Å². The van der Waals surface area contributed by atoms with E-state index < -0.39 is 0 Å². The fourth-order valence-corrected chi connectivity index (χ4v) is 2.77. The highest BCUT2D eigenvalue weighted by molar-refractivity contribution is 5.34. The number of rotatable bonds is 5. The second-order valence-electron chi connectivity index (χ2n) is 6.37. The molecule has 0 aromatic heterocycles. The average Bonchev–Trinajstić information content (AvgIpc) is 2.31. The third kappa shape index (κ3) is 4.03. The van der Waals surface area contributed by atoms with Crippen molar-refractivity contribution in [1.29, 1.82) is 0 Å². The van der Waals surface area contributed by atoms with Gasteiger partial charge in [-0.15, -0.1) is 0 Å². The Morgan fingerprint density at radius 1 is 1.21 bits per heavy atom. The van der Waals surface area contributed by atoms with Gasteiger partial charge in [0.25, 0.3) is 0 Å². The highest BCUT2D eigenvalue weighted by atomic mass is 16.5. The van der Waals surface area contributed by atoms with E-state index in [9.17, 15) is 0 Å². The van der Waals surface area contributed by atoms with Crippen LogP contribution in [0.4, 0.5) is 0 Å². The van der Waals surface area contributed by atoms with Crippen LogP contribution in [0.5, 0.6) is 0 Å². The normalized spacial score (nSPS) is 15.3. The Hall–Kier alpha value is -0.900. The molecule has 0 radical (unpaired) electrons. The summed E-state index contributed by atoms with van der Waals surface area (Å²) >= 11 is 0. The molecule has 0 aliphatic carbocycles. The van der Waals surface area contributed by atoms with Crippen molar-refractivity contribution >= 4 is 0 Å². The summed E-state index contributed by atoms with van der Waals surface area (Å²) in [5.74, 6) is 5.76. The molecule has 0 fully saturated rings. The van der Waals surface area contributed by atoms with Crippen molar-refractivity contribution in [1.82, 2.24) is 5.43 Å². The van der Waals surface area contributed by atoms with Crippen molar-refractivity contribution in [2.45, 2.75) is 53.2 Å². The minimum Gasteiger partial charge on any atom is -0.379 e. The predicted octanol–water partition coefficient (Wildman–Crippen LogP) is 2.74. The topological polar surface area (TPSA) is 47.3 Å². The van der Waals surface area contributed by atoms with E-state index >= 15 is 0 Å². The molecule has 19 heavy (non-hydrogen) atoms. The van der Waals surface area contributed by atoms with Gasteiger partial charge in [-0.3, -0.25) is 11.3 Å². The number of hydrogen-bond donors (Lipinski definition) is 2. The van der Waals surface area contributed by atoms with Gasteiger partial charge >= 0.3 is 0 Å². The lowest BCUT2D eigenvalue weighted by Crippen LogP contribution is -2.51. The average molecular weight is 264 g/mol. The van der Waals surface area contributed by atoms with Crippen LogP contribution in [0.1, 0.15) is 37.5 Å². The van der Waals surface area contributed by atoms with E-state index in [1.807, 2.05) is 0 Å². The number of nitrogens with one attached hydrogen (secondary N) is 1. The van der Waals surface area contributed by atoms with E-state index in [0.29, 0.717) is 0 Å². The van der Waals surface area contributed by atoms with Crippen LogP contribution in [0.2, 0.25) is 0 Å². The molecule has 0 aliphatic heterocycles. The molecular formula is C16H28N2O. The third-order valence-electron chi connectivity index (χ3n) is 3.76. The van der Waals surface area contributed by atoms with Crippen molar-refractivity contribution in [2.24, 2.45) is 11.3 Å². The maximum Gasteiger partial charge on any atom is 0.0789 e. The number of aryl methyl sites for hydroxylation is 2. The van der Waals surface area contributed by atoms with Crippen LogP contribution in [0.15, 0.2) is 18.2 Å². The summed E-state index contributed by atoms with van der Waals surface area (Å²) < 4.78 is 5.68. The minimum absolute atomic E-state index is 0.0440. The first-order valence-corrected chi connectivity index (χ1v) is 6.85. The van der Waals surface area contributed by atoms with Gasteiger partial charge in [-0.2, -0.15) is 0 Å². The van der Waals surface area contributed by atoms with Gasteiger partial charge in [-0.05, 0) is 42.4 Å². The largest absolute Gasteiger partial charge is 0.379 e. The molecule has 0 heterocycles. The van der Waals surface area contributed by atoms with Gasteiger partial charge in [-0.25, -0.2) is 0 Å². The summed E-state index contributed by atoms with van der Waals surface area (Å²) in [6, 6.07) is 6.49. The molecule has 1 rings (SSSR count). The zero-order valence-corrected chi connectivity index (χ0v) is 13.1. The first kappa shape index (κ1) is 16.2. The van der Waals surface area contributed by atoms with Crippen LogP contribution in [0.25, 0.3) is 0 Å². The second kappa shape index (κ2) is 6.51. The molecule has 0 saturated carbocycles. The zero-order valence-electron chi connectivity index (χ0n) is 13.1. The molecule has 0 bridgehead atoms. The van der Waals surface area contributed by atoms with E-state index in [1.165, 1.54) is 16.7 Å². The number of methoxy groups -OCH3 is 1. The summed E-state index contributed by atoms with van der Waals surface area (Å²) in [6.45, 7) is 10.8. The molecule has 1 aromatic carbocycles. The summed E-state index contributed by atoms with van der Waals surface area (Å²) in [7, 11) is 1.75. The summed E-state index contributed by atoms with van der Waals surface area (Å²) in [6.07, 6.45) is 0.946. The molecule has 0 spiro atoms. The smallest absolute Gasteiger partial charge is 0.0789 e. The van der Waals surface area contributed by atoms with Crippen LogP contribution in [-0.2, 0) is 11.2 Å². The first-order chi connectivity index (χ1) is 8.81. The maximum atomic E-state index is 5.76. The van der Waals surface area contributed by atoms with Gasteiger partial charge in [0, 0.05) is 7.11 Å². The standard InChI is InChI=1S/C16H28N2O/c1-11-8-7-9-12(2)13(11)10-14(18-17)15(19-6)16(3,4)5/h7-9,14-15,18H,10,17H2,1-6H3.